The number of carbonyl (C=O) groups excluding carboxylic acids is 2. The van der Waals surface area contributed by atoms with Crippen LogP contribution < -0.4 is 12.4 Å². The molecule has 0 saturated heterocycles. The first-order valence-electron chi connectivity index (χ1n) is 10.4. The van der Waals surface area contributed by atoms with Gasteiger partial charge in [-0.05, 0) is 0 Å². The van der Waals surface area contributed by atoms with Crippen LogP contribution in [0.1, 0.15) is 90.9 Å². The number of rotatable bonds is 7. The molecule has 0 aromatic heterocycles. The molecule has 0 aromatic carbocycles. The number of hydrogen-bond acceptors (Lipinski definition) is 4. The van der Waals surface area contributed by atoms with E-state index >= 15 is 0 Å². The molecule has 6 heteroatoms. The van der Waals surface area contributed by atoms with E-state index in [1.807, 2.05) is 13.8 Å². The quantitative estimate of drug-likeness (QED) is 0.583. The second-order valence-electron chi connectivity index (χ2n) is 7.62. The van der Waals surface area contributed by atoms with Gasteiger partial charge in [-0.25, -0.2) is 0 Å². The van der Waals surface area contributed by atoms with Crippen LogP contribution in [0.15, 0.2) is 22.3 Å². The Labute approximate surface area is 176 Å². The third kappa shape index (κ3) is 5.28. The summed E-state index contributed by atoms with van der Waals surface area (Å²) in [4.78, 5) is 24.5. The van der Waals surface area contributed by atoms with E-state index in [0.29, 0.717) is 12.8 Å². The first kappa shape index (κ1) is 22.7. The van der Waals surface area contributed by atoms with Gasteiger partial charge in [0.25, 0.3) is 0 Å². The molecule has 0 saturated carbocycles. The summed E-state index contributed by atoms with van der Waals surface area (Å²) in [5.41, 5.74) is 6.01. The third-order valence-electron chi connectivity index (χ3n) is 5.66. The van der Waals surface area contributed by atoms with Gasteiger partial charge in [0.15, 0.2) is 0 Å². The molecular weight excluding hydrogens is 400 g/mol. The molecule has 0 aliphatic heterocycles. The number of hydrogen-bond donors (Lipinski definition) is 0. The van der Waals surface area contributed by atoms with Crippen molar-refractivity contribution in [1.82, 2.24) is 0 Å². The molecule has 4 nitrogen and oxygen atoms in total. The summed E-state index contributed by atoms with van der Waals surface area (Å²) in [5, 5.41) is 0. The Balaban J connectivity index is 0.00000261. The summed E-state index contributed by atoms with van der Waals surface area (Å²) in [6.07, 6.45) is 11.7. The van der Waals surface area contributed by atoms with Crippen molar-refractivity contribution in [2.24, 2.45) is 0 Å². The van der Waals surface area contributed by atoms with E-state index in [4.69, 9.17) is 6.64 Å². The van der Waals surface area contributed by atoms with Gasteiger partial charge < -0.3 is 12.4 Å². The summed E-state index contributed by atoms with van der Waals surface area (Å²) < 4.78 is 12.0. The summed E-state index contributed by atoms with van der Waals surface area (Å²) in [7, 11) is 0. The minimum atomic E-state index is -2.81. The third-order valence-corrected chi connectivity index (χ3v) is 8.82. The van der Waals surface area contributed by atoms with Crippen molar-refractivity contribution < 1.29 is 47.3 Å². The molecule has 0 atom stereocenters. The molecule has 0 unspecified atom stereocenters. The average Bonchev–Trinajstić information content (AvgIpc) is 2.96. The molecular formula is C21H31ClO4Ti. The van der Waals surface area contributed by atoms with Crippen molar-refractivity contribution in [3.63, 3.8) is 0 Å². The Morgan fingerprint density at radius 3 is 1.63 bits per heavy atom. The van der Waals surface area contributed by atoms with E-state index < -0.39 is 18.6 Å². The molecule has 0 N–H and O–H groups in total. The molecule has 150 valence electrons. The SMILES string of the molecule is CCCC(=O)[O][Ti+]([O]C(=O)CCC)[CH]1C2=C(CCCC2)C2=C1CCCC2.[Cl-]. The maximum absolute atomic E-state index is 12.3. The van der Waals surface area contributed by atoms with Gasteiger partial charge >= 0.3 is 164 Å². The van der Waals surface area contributed by atoms with Crippen molar-refractivity contribution in [1.29, 1.82) is 0 Å². The van der Waals surface area contributed by atoms with Crippen molar-refractivity contribution in [3.05, 3.63) is 22.3 Å². The Morgan fingerprint density at radius 1 is 0.815 bits per heavy atom. The fourth-order valence-corrected chi connectivity index (χ4v) is 7.89. The molecule has 0 fully saturated rings. The van der Waals surface area contributed by atoms with Gasteiger partial charge in [-0.15, -0.1) is 0 Å². The second-order valence-corrected chi connectivity index (χ2v) is 10.2. The fourth-order valence-electron chi connectivity index (χ4n) is 4.55. The zero-order valence-electron chi connectivity index (χ0n) is 16.6. The van der Waals surface area contributed by atoms with Crippen LogP contribution in [0.25, 0.3) is 0 Å². The topological polar surface area (TPSA) is 52.6 Å². The van der Waals surface area contributed by atoms with Crippen LogP contribution >= 0.6 is 0 Å². The van der Waals surface area contributed by atoms with E-state index in [2.05, 4.69) is 0 Å². The standard InChI is InChI=1S/C13H17.2C4H8O2.ClH.Ti/c1-3-7-12-10(5-1)9-11-6-2-4-8-13(11)12;2*1-2-3-4(5)6;;/h9H,1-8H2;2*2-3H2,1H3,(H,5,6);1H;/q;;;;+3/p-3. The molecule has 0 spiro atoms. The first-order valence-corrected chi connectivity index (χ1v) is 12.6. The Hall–Kier alpha value is -0.576. The van der Waals surface area contributed by atoms with E-state index in [1.165, 1.54) is 36.8 Å². The van der Waals surface area contributed by atoms with Gasteiger partial charge in [0.1, 0.15) is 0 Å². The van der Waals surface area contributed by atoms with Crippen LogP contribution in [0, 0.1) is 0 Å². The Bertz CT molecular complexity index is 574. The van der Waals surface area contributed by atoms with Gasteiger partial charge in [0, 0.05) is 0 Å². The maximum Gasteiger partial charge on any atom is -1.00 e. The molecule has 3 aliphatic carbocycles. The van der Waals surface area contributed by atoms with Crippen LogP contribution in [0.3, 0.4) is 0 Å². The number of fused-ring (bicyclic) bond motifs is 1. The van der Waals surface area contributed by atoms with Gasteiger partial charge in [0.05, 0.1) is 0 Å². The van der Waals surface area contributed by atoms with E-state index in [-0.39, 0.29) is 28.6 Å². The zero-order chi connectivity index (χ0) is 18.5. The van der Waals surface area contributed by atoms with Gasteiger partial charge in [-0.2, -0.15) is 0 Å². The average molecular weight is 431 g/mol. The van der Waals surface area contributed by atoms with Crippen LogP contribution in [0.4, 0.5) is 0 Å². The summed E-state index contributed by atoms with van der Waals surface area (Å²) in [5.74, 6) is -0.371. The predicted molar refractivity (Wildman–Crippen MR) is 96.7 cm³/mol. The van der Waals surface area contributed by atoms with Crippen molar-refractivity contribution in [2.75, 3.05) is 0 Å². The summed E-state index contributed by atoms with van der Waals surface area (Å²) >= 11 is -2.81. The fraction of sp³-hybridized carbons (Fsp3) is 0.714. The Kier molecular flexibility index (Phi) is 9.11. The molecule has 0 bridgehead atoms. The minimum absolute atomic E-state index is 0. The number of allylic oxidation sites excluding steroid dienone is 4. The Morgan fingerprint density at radius 2 is 1.22 bits per heavy atom. The minimum Gasteiger partial charge on any atom is -1.00 e. The molecule has 0 heterocycles. The molecule has 0 radical (unpaired) electrons. The largest absolute Gasteiger partial charge is 1.00 e. The maximum atomic E-state index is 12.3. The number of carbonyl (C=O) groups is 2. The van der Waals surface area contributed by atoms with Crippen molar-refractivity contribution in [2.45, 2.75) is 95.1 Å². The molecule has 27 heavy (non-hydrogen) atoms. The van der Waals surface area contributed by atoms with Crippen LogP contribution in [0.2, 0.25) is 4.22 Å². The first-order chi connectivity index (χ1) is 12.7. The molecule has 0 amide bonds. The van der Waals surface area contributed by atoms with Gasteiger partial charge in [-0.3, -0.25) is 0 Å². The van der Waals surface area contributed by atoms with Crippen molar-refractivity contribution >= 4 is 11.9 Å². The van der Waals surface area contributed by atoms with E-state index in [1.54, 1.807) is 11.1 Å². The van der Waals surface area contributed by atoms with Gasteiger partial charge in [0.2, 0.25) is 0 Å². The molecule has 0 aromatic rings. The van der Waals surface area contributed by atoms with Crippen LogP contribution in [-0.4, -0.2) is 11.9 Å². The number of halogens is 1. The van der Waals surface area contributed by atoms with E-state index in [0.717, 1.165) is 38.5 Å². The van der Waals surface area contributed by atoms with Crippen LogP contribution in [0.5, 0.6) is 0 Å². The van der Waals surface area contributed by atoms with Crippen LogP contribution in [-0.2, 0) is 34.9 Å². The predicted octanol–water partition coefficient (Wildman–Crippen LogP) is 2.67. The second kappa shape index (κ2) is 10.8. The van der Waals surface area contributed by atoms with Crippen molar-refractivity contribution in [3.8, 4) is 0 Å². The summed E-state index contributed by atoms with van der Waals surface area (Å²) in [6, 6.07) is 0. The zero-order valence-corrected chi connectivity index (χ0v) is 18.9. The van der Waals surface area contributed by atoms with Gasteiger partial charge in [-0.1, -0.05) is 0 Å². The monoisotopic (exact) mass is 430 g/mol. The normalized spacial score (nSPS) is 19.2. The smallest absolute Gasteiger partial charge is 1.00 e. The summed E-state index contributed by atoms with van der Waals surface area (Å²) in [6.45, 7) is 3.95. The van der Waals surface area contributed by atoms with E-state index in [9.17, 15) is 9.59 Å². The molecule has 3 aliphatic rings. The molecule has 3 rings (SSSR count).